The predicted molar refractivity (Wildman–Crippen MR) is 198 cm³/mol. The molecule has 220 valence electrons. The van der Waals surface area contributed by atoms with Gasteiger partial charge in [0.15, 0.2) is 0 Å². The molecule has 0 atom stereocenters. The number of pyridine rings is 1. The van der Waals surface area contributed by atoms with Crippen molar-refractivity contribution in [2.75, 3.05) is 0 Å². The van der Waals surface area contributed by atoms with Crippen molar-refractivity contribution < 1.29 is 0 Å². The maximum absolute atomic E-state index is 14.3. The lowest BCUT2D eigenvalue weighted by atomic mass is 9.85. The Bertz CT molecular complexity index is 2690. The summed E-state index contributed by atoms with van der Waals surface area (Å²) in [6.45, 7) is 0. The standard InChI is InChI=1S/C45H29NO/c47-45-39-24-10-7-20-34(39)35-21-12-14-26-42(35)46(45)41-25-13-11-19-33(41)32-27-28-38-40(29-32)44(31-17-5-2-6-18-31)37-23-9-8-22-36(37)43(38)30-15-3-1-4-16-30/h1-29H. The lowest BCUT2D eigenvalue weighted by Crippen LogP contribution is -2.19. The highest BCUT2D eigenvalue weighted by atomic mass is 16.1. The van der Waals surface area contributed by atoms with Gasteiger partial charge in [0, 0.05) is 16.3 Å². The smallest absolute Gasteiger partial charge is 0.263 e. The molecule has 0 saturated heterocycles. The number of rotatable bonds is 4. The highest BCUT2D eigenvalue weighted by Crippen LogP contribution is 2.45. The molecular weight excluding hydrogens is 571 g/mol. The van der Waals surface area contributed by atoms with Crippen molar-refractivity contribution >= 4 is 43.2 Å². The van der Waals surface area contributed by atoms with Crippen molar-refractivity contribution in [2.24, 2.45) is 0 Å². The molecule has 2 nitrogen and oxygen atoms in total. The Hall–Kier alpha value is -6.25. The van der Waals surface area contributed by atoms with Crippen LogP contribution in [-0.2, 0) is 0 Å². The van der Waals surface area contributed by atoms with Gasteiger partial charge in [0.2, 0.25) is 0 Å². The highest BCUT2D eigenvalue weighted by Gasteiger charge is 2.19. The predicted octanol–water partition coefficient (Wildman–Crippen LogP) is 11.5. The van der Waals surface area contributed by atoms with Gasteiger partial charge in [-0.25, -0.2) is 0 Å². The largest absolute Gasteiger partial charge is 0.276 e. The van der Waals surface area contributed by atoms with Gasteiger partial charge in [-0.15, -0.1) is 0 Å². The monoisotopic (exact) mass is 599 g/mol. The van der Waals surface area contributed by atoms with E-state index in [1.165, 1.54) is 43.8 Å². The van der Waals surface area contributed by atoms with E-state index in [2.05, 4.69) is 127 Å². The maximum atomic E-state index is 14.3. The summed E-state index contributed by atoms with van der Waals surface area (Å²) >= 11 is 0. The van der Waals surface area contributed by atoms with Gasteiger partial charge in [-0.05, 0) is 79.0 Å². The van der Waals surface area contributed by atoms with Crippen LogP contribution in [0.4, 0.5) is 0 Å². The van der Waals surface area contributed by atoms with E-state index in [0.717, 1.165) is 33.1 Å². The van der Waals surface area contributed by atoms with Crippen LogP contribution in [0.3, 0.4) is 0 Å². The van der Waals surface area contributed by atoms with Crippen LogP contribution in [-0.4, -0.2) is 4.57 Å². The zero-order valence-corrected chi connectivity index (χ0v) is 25.6. The van der Waals surface area contributed by atoms with Crippen molar-refractivity contribution in [3.63, 3.8) is 0 Å². The van der Waals surface area contributed by atoms with Gasteiger partial charge in [0.25, 0.3) is 5.56 Å². The van der Waals surface area contributed by atoms with Crippen molar-refractivity contribution in [3.05, 3.63) is 186 Å². The van der Waals surface area contributed by atoms with Crippen molar-refractivity contribution in [2.45, 2.75) is 0 Å². The summed E-state index contributed by atoms with van der Waals surface area (Å²) in [5, 5.41) is 7.56. The molecule has 1 aromatic heterocycles. The summed E-state index contributed by atoms with van der Waals surface area (Å²) in [7, 11) is 0. The zero-order chi connectivity index (χ0) is 31.3. The van der Waals surface area contributed by atoms with Crippen LogP contribution < -0.4 is 5.56 Å². The molecule has 0 saturated carbocycles. The molecule has 0 N–H and O–H groups in total. The average Bonchev–Trinajstić information content (AvgIpc) is 3.14. The first-order valence-corrected chi connectivity index (χ1v) is 16.0. The van der Waals surface area contributed by atoms with E-state index in [4.69, 9.17) is 0 Å². The van der Waals surface area contributed by atoms with E-state index in [0.29, 0.717) is 5.39 Å². The van der Waals surface area contributed by atoms with Crippen molar-refractivity contribution in [1.29, 1.82) is 0 Å². The van der Waals surface area contributed by atoms with Gasteiger partial charge in [-0.1, -0.05) is 152 Å². The molecule has 1 heterocycles. The van der Waals surface area contributed by atoms with Crippen molar-refractivity contribution in [3.8, 4) is 39.1 Å². The number of nitrogens with zero attached hydrogens (tertiary/aromatic N) is 1. The Balaban J connectivity index is 1.39. The molecule has 47 heavy (non-hydrogen) atoms. The molecule has 0 fully saturated rings. The molecule has 0 aliphatic carbocycles. The first kappa shape index (κ1) is 27.1. The van der Waals surface area contributed by atoms with Crippen LogP contribution in [0.2, 0.25) is 0 Å². The van der Waals surface area contributed by atoms with E-state index in [1.807, 2.05) is 53.1 Å². The molecule has 0 bridgehead atoms. The number of hydrogen-bond donors (Lipinski definition) is 0. The van der Waals surface area contributed by atoms with Gasteiger partial charge in [0.1, 0.15) is 0 Å². The average molecular weight is 600 g/mol. The Morgan fingerprint density at radius 2 is 0.830 bits per heavy atom. The summed E-state index contributed by atoms with van der Waals surface area (Å²) in [6, 6.07) is 61.3. The minimum atomic E-state index is -0.0186. The minimum Gasteiger partial charge on any atom is -0.276 e. The molecule has 0 aliphatic rings. The highest BCUT2D eigenvalue weighted by molar-refractivity contribution is 6.22. The van der Waals surface area contributed by atoms with Crippen LogP contribution >= 0.6 is 0 Å². The lowest BCUT2D eigenvalue weighted by Gasteiger charge is -2.20. The first-order chi connectivity index (χ1) is 23.3. The fourth-order valence-corrected chi connectivity index (χ4v) is 7.36. The van der Waals surface area contributed by atoms with Gasteiger partial charge in [0.05, 0.1) is 11.2 Å². The van der Waals surface area contributed by atoms with Gasteiger partial charge < -0.3 is 0 Å². The maximum Gasteiger partial charge on any atom is 0.263 e. The third-order valence-corrected chi connectivity index (χ3v) is 9.40. The molecule has 0 aliphatic heterocycles. The first-order valence-electron chi connectivity index (χ1n) is 16.0. The SMILES string of the molecule is O=c1c2ccccc2c2ccccc2n1-c1ccccc1-c1ccc2c(-c3ccccc3)c3ccccc3c(-c3ccccc3)c2c1. The molecule has 0 spiro atoms. The number of aromatic nitrogens is 1. The Kier molecular flexibility index (Phi) is 6.33. The van der Waals surface area contributed by atoms with Crippen LogP contribution in [0, 0.1) is 0 Å². The summed E-state index contributed by atoms with van der Waals surface area (Å²) in [6.07, 6.45) is 0. The van der Waals surface area contributed by atoms with Crippen molar-refractivity contribution in [1.82, 2.24) is 4.57 Å². The Labute approximate surface area is 272 Å². The second-order valence-electron chi connectivity index (χ2n) is 12.0. The minimum absolute atomic E-state index is 0.0186. The fourth-order valence-electron chi connectivity index (χ4n) is 7.36. The number of fused-ring (bicyclic) bond motifs is 5. The summed E-state index contributed by atoms with van der Waals surface area (Å²) in [5.74, 6) is 0. The normalized spacial score (nSPS) is 11.5. The second kappa shape index (κ2) is 11.0. The van der Waals surface area contributed by atoms with E-state index in [1.54, 1.807) is 0 Å². The number of para-hydroxylation sites is 2. The Morgan fingerprint density at radius 1 is 0.340 bits per heavy atom. The molecule has 0 amide bonds. The molecule has 9 aromatic rings. The molecule has 9 rings (SSSR count). The topological polar surface area (TPSA) is 22.0 Å². The third kappa shape index (κ3) is 4.30. The van der Waals surface area contributed by atoms with E-state index >= 15 is 0 Å². The third-order valence-electron chi connectivity index (χ3n) is 9.40. The van der Waals surface area contributed by atoms with Gasteiger partial charge in [-0.2, -0.15) is 0 Å². The molecule has 2 heteroatoms. The van der Waals surface area contributed by atoms with Crippen LogP contribution in [0.5, 0.6) is 0 Å². The van der Waals surface area contributed by atoms with E-state index < -0.39 is 0 Å². The summed E-state index contributed by atoms with van der Waals surface area (Å²) < 4.78 is 1.89. The number of hydrogen-bond acceptors (Lipinski definition) is 1. The van der Waals surface area contributed by atoms with E-state index in [-0.39, 0.29) is 5.56 Å². The fraction of sp³-hybridized carbons (Fsp3) is 0. The zero-order valence-electron chi connectivity index (χ0n) is 25.6. The molecule has 0 radical (unpaired) electrons. The number of benzene rings is 8. The van der Waals surface area contributed by atoms with Gasteiger partial charge in [-0.3, -0.25) is 9.36 Å². The molecule has 8 aromatic carbocycles. The van der Waals surface area contributed by atoms with Gasteiger partial charge >= 0.3 is 0 Å². The quantitative estimate of drug-likeness (QED) is 0.146. The van der Waals surface area contributed by atoms with Crippen LogP contribution in [0.1, 0.15) is 0 Å². The molecular formula is C45H29NO. The molecule has 0 unspecified atom stereocenters. The summed E-state index contributed by atoms with van der Waals surface area (Å²) in [4.78, 5) is 14.3. The Morgan fingerprint density at radius 3 is 1.51 bits per heavy atom. The second-order valence-corrected chi connectivity index (χ2v) is 12.0. The van der Waals surface area contributed by atoms with E-state index in [9.17, 15) is 4.79 Å². The lowest BCUT2D eigenvalue weighted by molar-refractivity contribution is 1.06. The van der Waals surface area contributed by atoms with Crippen LogP contribution in [0.25, 0.3) is 82.3 Å². The van der Waals surface area contributed by atoms with Crippen LogP contribution in [0.15, 0.2) is 181 Å². The summed E-state index contributed by atoms with van der Waals surface area (Å²) in [5.41, 5.74) is 8.61.